The van der Waals surface area contributed by atoms with Crippen molar-refractivity contribution in [2.24, 2.45) is 5.92 Å². The first-order valence-corrected chi connectivity index (χ1v) is 7.35. The molecule has 2 unspecified atom stereocenters. The molecular weight excluding hydrogens is 252 g/mol. The molecule has 1 amide bonds. The van der Waals surface area contributed by atoms with Crippen LogP contribution in [-0.2, 0) is 0 Å². The van der Waals surface area contributed by atoms with Gasteiger partial charge in [-0.2, -0.15) is 0 Å². The quantitative estimate of drug-likeness (QED) is 0.889. The molecule has 2 N–H and O–H groups in total. The second-order valence-electron chi connectivity index (χ2n) is 5.68. The number of phenolic OH excluding ortho intramolecular Hbond substituents is 1. The number of benzene rings is 1. The molecule has 2 rings (SSSR count). The van der Waals surface area contributed by atoms with Gasteiger partial charge in [0.2, 0.25) is 0 Å². The van der Waals surface area contributed by atoms with Crippen LogP contribution in [0, 0.1) is 12.8 Å². The molecule has 1 aliphatic heterocycles. The van der Waals surface area contributed by atoms with E-state index in [1.165, 1.54) is 0 Å². The molecule has 2 atom stereocenters. The van der Waals surface area contributed by atoms with Crippen LogP contribution in [0.4, 0.5) is 0 Å². The summed E-state index contributed by atoms with van der Waals surface area (Å²) in [5, 5.41) is 13.0. The SMILES string of the molecule is CCNC1CCN(C(=O)c2ccc(O)c(C)c2)CC1C. The van der Waals surface area contributed by atoms with Crippen molar-refractivity contribution in [3.8, 4) is 5.75 Å². The number of nitrogens with one attached hydrogen (secondary N) is 1. The van der Waals surface area contributed by atoms with Crippen molar-refractivity contribution in [3.63, 3.8) is 0 Å². The maximum absolute atomic E-state index is 12.5. The highest BCUT2D eigenvalue weighted by Gasteiger charge is 2.28. The summed E-state index contributed by atoms with van der Waals surface area (Å²) < 4.78 is 0. The number of carbonyl (C=O) groups is 1. The molecule has 0 saturated carbocycles. The minimum atomic E-state index is 0.0647. The van der Waals surface area contributed by atoms with Crippen LogP contribution in [0.2, 0.25) is 0 Å². The third-order valence-electron chi connectivity index (χ3n) is 4.10. The lowest BCUT2D eigenvalue weighted by atomic mass is 9.93. The number of carbonyl (C=O) groups excluding carboxylic acids is 1. The zero-order valence-electron chi connectivity index (χ0n) is 12.5. The van der Waals surface area contributed by atoms with Gasteiger partial charge in [-0.05, 0) is 49.6 Å². The summed E-state index contributed by atoms with van der Waals surface area (Å²) in [5.41, 5.74) is 1.40. The van der Waals surface area contributed by atoms with Crippen molar-refractivity contribution in [1.82, 2.24) is 10.2 Å². The van der Waals surface area contributed by atoms with Crippen LogP contribution >= 0.6 is 0 Å². The zero-order valence-corrected chi connectivity index (χ0v) is 12.5. The van der Waals surface area contributed by atoms with E-state index in [0.29, 0.717) is 17.5 Å². The largest absolute Gasteiger partial charge is 0.508 e. The second-order valence-corrected chi connectivity index (χ2v) is 5.68. The molecule has 0 radical (unpaired) electrons. The molecular formula is C16H24N2O2. The molecule has 1 aromatic carbocycles. The van der Waals surface area contributed by atoms with Gasteiger partial charge in [-0.15, -0.1) is 0 Å². The number of aryl methyl sites for hydroxylation is 1. The van der Waals surface area contributed by atoms with Gasteiger partial charge in [0.1, 0.15) is 5.75 Å². The smallest absolute Gasteiger partial charge is 0.253 e. The van der Waals surface area contributed by atoms with Gasteiger partial charge in [-0.1, -0.05) is 13.8 Å². The first-order chi connectivity index (χ1) is 9.52. The lowest BCUT2D eigenvalue weighted by Gasteiger charge is -2.37. The van der Waals surface area contributed by atoms with Crippen LogP contribution < -0.4 is 5.32 Å². The van der Waals surface area contributed by atoms with E-state index in [9.17, 15) is 9.90 Å². The molecule has 110 valence electrons. The highest BCUT2D eigenvalue weighted by atomic mass is 16.3. The van der Waals surface area contributed by atoms with E-state index in [1.54, 1.807) is 18.2 Å². The van der Waals surface area contributed by atoms with Gasteiger partial charge < -0.3 is 15.3 Å². The Morgan fingerprint density at radius 1 is 1.50 bits per heavy atom. The van der Waals surface area contributed by atoms with Crippen LogP contribution in [0.5, 0.6) is 5.75 Å². The summed E-state index contributed by atoms with van der Waals surface area (Å²) in [6.45, 7) is 8.67. The third-order valence-corrected chi connectivity index (χ3v) is 4.10. The molecule has 1 fully saturated rings. The fourth-order valence-corrected chi connectivity index (χ4v) is 2.87. The van der Waals surface area contributed by atoms with E-state index in [0.717, 1.165) is 31.6 Å². The minimum Gasteiger partial charge on any atom is -0.508 e. The van der Waals surface area contributed by atoms with Gasteiger partial charge in [0.15, 0.2) is 0 Å². The van der Waals surface area contributed by atoms with E-state index in [-0.39, 0.29) is 11.7 Å². The Hall–Kier alpha value is -1.55. The van der Waals surface area contributed by atoms with Crippen LogP contribution in [-0.4, -0.2) is 41.6 Å². The van der Waals surface area contributed by atoms with E-state index in [4.69, 9.17) is 0 Å². The number of hydrogen-bond donors (Lipinski definition) is 2. The molecule has 0 bridgehead atoms. The Bertz CT molecular complexity index is 487. The van der Waals surface area contributed by atoms with Crippen molar-refractivity contribution in [2.45, 2.75) is 33.2 Å². The monoisotopic (exact) mass is 276 g/mol. The Labute approximate surface area is 120 Å². The number of nitrogens with zero attached hydrogens (tertiary/aromatic N) is 1. The van der Waals surface area contributed by atoms with E-state index < -0.39 is 0 Å². The summed E-state index contributed by atoms with van der Waals surface area (Å²) in [4.78, 5) is 14.4. The summed E-state index contributed by atoms with van der Waals surface area (Å²) in [6.07, 6.45) is 0.998. The van der Waals surface area contributed by atoms with Gasteiger partial charge in [-0.25, -0.2) is 0 Å². The van der Waals surface area contributed by atoms with Crippen LogP contribution in [0.15, 0.2) is 18.2 Å². The highest BCUT2D eigenvalue weighted by Crippen LogP contribution is 2.22. The average molecular weight is 276 g/mol. The summed E-state index contributed by atoms with van der Waals surface area (Å²) >= 11 is 0. The Morgan fingerprint density at radius 2 is 2.25 bits per heavy atom. The first kappa shape index (κ1) is 14.9. The van der Waals surface area contributed by atoms with Gasteiger partial charge in [-0.3, -0.25) is 4.79 Å². The molecule has 0 aromatic heterocycles. The van der Waals surface area contributed by atoms with E-state index in [1.807, 2.05) is 11.8 Å². The third kappa shape index (κ3) is 3.12. The predicted molar refractivity (Wildman–Crippen MR) is 80.0 cm³/mol. The molecule has 1 aromatic rings. The molecule has 4 nitrogen and oxygen atoms in total. The molecule has 1 aliphatic rings. The molecule has 0 spiro atoms. The number of amides is 1. The summed E-state index contributed by atoms with van der Waals surface area (Å²) in [5.74, 6) is 0.765. The number of hydrogen-bond acceptors (Lipinski definition) is 3. The summed E-state index contributed by atoms with van der Waals surface area (Å²) in [6, 6.07) is 5.56. The van der Waals surface area contributed by atoms with E-state index >= 15 is 0 Å². The Kier molecular flexibility index (Phi) is 4.65. The number of likely N-dealkylation sites (tertiary alicyclic amines) is 1. The molecule has 20 heavy (non-hydrogen) atoms. The van der Waals surface area contributed by atoms with Crippen molar-refractivity contribution in [3.05, 3.63) is 29.3 Å². The van der Waals surface area contributed by atoms with Crippen molar-refractivity contribution < 1.29 is 9.90 Å². The van der Waals surface area contributed by atoms with E-state index in [2.05, 4.69) is 19.2 Å². The number of rotatable bonds is 3. The van der Waals surface area contributed by atoms with Crippen molar-refractivity contribution in [1.29, 1.82) is 0 Å². The number of phenols is 1. The predicted octanol–water partition coefficient (Wildman–Crippen LogP) is 2.16. The first-order valence-electron chi connectivity index (χ1n) is 7.35. The average Bonchev–Trinajstić information content (AvgIpc) is 2.43. The molecule has 1 heterocycles. The number of aromatic hydroxyl groups is 1. The van der Waals surface area contributed by atoms with Gasteiger partial charge in [0, 0.05) is 24.7 Å². The summed E-state index contributed by atoms with van der Waals surface area (Å²) in [7, 11) is 0. The van der Waals surface area contributed by atoms with Crippen molar-refractivity contribution in [2.75, 3.05) is 19.6 Å². The van der Waals surface area contributed by atoms with Gasteiger partial charge in [0.05, 0.1) is 0 Å². The van der Waals surface area contributed by atoms with Crippen LogP contribution in [0.3, 0.4) is 0 Å². The zero-order chi connectivity index (χ0) is 14.7. The van der Waals surface area contributed by atoms with Gasteiger partial charge in [0.25, 0.3) is 5.91 Å². The van der Waals surface area contributed by atoms with Gasteiger partial charge >= 0.3 is 0 Å². The maximum Gasteiger partial charge on any atom is 0.253 e. The Balaban J connectivity index is 2.05. The Morgan fingerprint density at radius 3 is 2.85 bits per heavy atom. The molecule has 0 aliphatic carbocycles. The highest BCUT2D eigenvalue weighted by molar-refractivity contribution is 5.94. The molecule has 1 saturated heterocycles. The lowest BCUT2D eigenvalue weighted by molar-refractivity contribution is 0.0646. The fraction of sp³-hybridized carbons (Fsp3) is 0.562. The standard InChI is InChI=1S/C16H24N2O2/c1-4-17-14-7-8-18(10-12(14)3)16(20)13-5-6-15(19)11(2)9-13/h5-6,9,12,14,17,19H,4,7-8,10H2,1-3H3. The number of piperidine rings is 1. The van der Waals surface area contributed by atoms with Crippen LogP contribution in [0.25, 0.3) is 0 Å². The second kappa shape index (κ2) is 6.27. The molecule has 4 heteroatoms. The van der Waals surface area contributed by atoms with Crippen LogP contribution in [0.1, 0.15) is 36.2 Å². The maximum atomic E-state index is 12.5. The fourth-order valence-electron chi connectivity index (χ4n) is 2.87. The topological polar surface area (TPSA) is 52.6 Å². The van der Waals surface area contributed by atoms with Crippen molar-refractivity contribution >= 4 is 5.91 Å². The lowest BCUT2D eigenvalue weighted by Crippen LogP contribution is -2.50. The minimum absolute atomic E-state index is 0.0647. The normalized spacial score (nSPS) is 22.9.